The Bertz CT molecular complexity index is 1210. The van der Waals surface area contributed by atoms with Crippen LogP contribution in [0.25, 0.3) is 22.3 Å². The molecule has 1 aliphatic rings. The van der Waals surface area contributed by atoms with E-state index >= 15 is 0 Å². The van der Waals surface area contributed by atoms with Crippen molar-refractivity contribution < 1.29 is 4.79 Å². The van der Waals surface area contributed by atoms with Crippen LogP contribution in [0.1, 0.15) is 5.56 Å². The molecule has 6 heteroatoms. The van der Waals surface area contributed by atoms with Gasteiger partial charge in [-0.25, -0.2) is 9.97 Å². The van der Waals surface area contributed by atoms with E-state index in [2.05, 4.69) is 32.8 Å². The summed E-state index contributed by atoms with van der Waals surface area (Å²) in [6.07, 6.45) is 4.32. The highest BCUT2D eigenvalue weighted by Gasteiger charge is 2.23. The van der Waals surface area contributed by atoms with Crippen LogP contribution in [0.5, 0.6) is 0 Å². The lowest BCUT2D eigenvalue weighted by Crippen LogP contribution is -2.49. The molecule has 6 nitrogen and oxygen atoms in total. The second-order valence-corrected chi connectivity index (χ2v) is 7.93. The van der Waals surface area contributed by atoms with Crippen molar-refractivity contribution in [3.63, 3.8) is 0 Å². The smallest absolute Gasteiger partial charge is 0.227 e. The number of anilines is 1. The molecule has 1 saturated heterocycles. The summed E-state index contributed by atoms with van der Waals surface area (Å²) in [4.78, 5) is 26.3. The van der Waals surface area contributed by atoms with Crippen molar-refractivity contribution in [2.45, 2.75) is 6.42 Å². The third-order valence-electron chi connectivity index (χ3n) is 5.95. The molecule has 0 aliphatic carbocycles. The molecule has 156 valence electrons. The Labute approximate surface area is 181 Å². The number of piperazine rings is 1. The van der Waals surface area contributed by atoms with Crippen LogP contribution in [0.2, 0.25) is 0 Å². The Kier molecular flexibility index (Phi) is 5.12. The average Bonchev–Trinajstić information content (AvgIpc) is 3.15. The van der Waals surface area contributed by atoms with Gasteiger partial charge in [-0.05, 0) is 17.7 Å². The number of aromatic nitrogens is 3. The van der Waals surface area contributed by atoms with Crippen molar-refractivity contribution in [2.75, 3.05) is 31.1 Å². The van der Waals surface area contributed by atoms with Crippen molar-refractivity contribution in [1.82, 2.24) is 19.4 Å². The Balaban J connectivity index is 1.25. The molecule has 0 saturated carbocycles. The minimum absolute atomic E-state index is 0.184. The van der Waals surface area contributed by atoms with Crippen LogP contribution in [0.4, 0.5) is 5.82 Å². The van der Waals surface area contributed by atoms with E-state index in [0.717, 1.165) is 46.8 Å². The number of hydrogen-bond acceptors (Lipinski definition) is 4. The minimum atomic E-state index is 0.184. The summed E-state index contributed by atoms with van der Waals surface area (Å²) in [7, 11) is 2.03. The predicted molar refractivity (Wildman–Crippen MR) is 123 cm³/mol. The van der Waals surface area contributed by atoms with Gasteiger partial charge < -0.3 is 14.4 Å². The van der Waals surface area contributed by atoms with Crippen LogP contribution in [0.3, 0.4) is 0 Å². The number of carbonyl (C=O) groups excluding carboxylic acids is 1. The fourth-order valence-corrected chi connectivity index (χ4v) is 4.28. The first-order valence-electron chi connectivity index (χ1n) is 10.6. The number of hydrogen-bond donors (Lipinski definition) is 0. The average molecular weight is 412 g/mol. The molecular formula is C25H25N5O. The molecule has 3 heterocycles. The lowest BCUT2D eigenvalue weighted by molar-refractivity contribution is -0.130. The Hall–Kier alpha value is -3.67. The zero-order valence-electron chi connectivity index (χ0n) is 17.6. The number of para-hydroxylation sites is 1. The summed E-state index contributed by atoms with van der Waals surface area (Å²) in [5.41, 5.74) is 3.26. The molecule has 0 radical (unpaired) electrons. The molecule has 1 amide bonds. The fourth-order valence-electron chi connectivity index (χ4n) is 4.28. The van der Waals surface area contributed by atoms with Crippen molar-refractivity contribution in [1.29, 1.82) is 0 Å². The Morgan fingerprint density at radius 3 is 2.48 bits per heavy atom. The van der Waals surface area contributed by atoms with Crippen LogP contribution in [-0.2, 0) is 18.3 Å². The van der Waals surface area contributed by atoms with Crippen molar-refractivity contribution in [2.24, 2.45) is 7.05 Å². The maximum atomic E-state index is 13.0. The van der Waals surface area contributed by atoms with Gasteiger partial charge in [-0.15, -0.1) is 0 Å². The van der Waals surface area contributed by atoms with Gasteiger partial charge in [0.2, 0.25) is 5.91 Å². The molecule has 0 spiro atoms. The van der Waals surface area contributed by atoms with Gasteiger partial charge in [0.15, 0.2) is 5.82 Å². The van der Waals surface area contributed by atoms with Crippen LogP contribution in [0, 0.1) is 0 Å². The first-order valence-corrected chi connectivity index (χ1v) is 10.6. The van der Waals surface area contributed by atoms with Crippen molar-refractivity contribution >= 4 is 22.6 Å². The van der Waals surface area contributed by atoms with Gasteiger partial charge in [-0.3, -0.25) is 4.79 Å². The van der Waals surface area contributed by atoms with E-state index in [-0.39, 0.29) is 5.91 Å². The van der Waals surface area contributed by atoms with Gasteiger partial charge in [0.05, 0.1) is 6.42 Å². The van der Waals surface area contributed by atoms with E-state index in [0.29, 0.717) is 19.5 Å². The largest absolute Gasteiger partial charge is 0.353 e. The van der Waals surface area contributed by atoms with Crippen LogP contribution < -0.4 is 4.90 Å². The monoisotopic (exact) mass is 411 g/mol. The molecule has 2 aromatic carbocycles. The van der Waals surface area contributed by atoms with Gasteiger partial charge in [0.1, 0.15) is 5.82 Å². The summed E-state index contributed by atoms with van der Waals surface area (Å²) in [6.45, 7) is 2.95. The highest BCUT2D eigenvalue weighted by molar-refractivity contribution is 5.89. The van der Waals surface area contributed by atoms with E-state index in [1.54, 1.807) is 0 Å². The summed E-state index contributed by atoms with van der Waals surface area (Å²) in [5.74, 6) is 1.83. The molecule has 4 aromatic rings. The lowest BCUT2D eigenvalue weighted by Gasteiger charge is -2.35. The third kappa shape index (κ3) is 3.89. The maximum absolute atomic E-state index is 13.0. The van der Waals surface area contributed by atoms with Gasteiger partial charge in [-0.2, -0.15) is 0 Å². The molecule has 5 rings (SSSR count). The second-order valence-electron chi connectivity index (χ2n) is 7.93. The highest BCUT2D eigenvalue weighted by atomic mass is 16.2. The summed E-state index contributed by atoms with van der Waals surface area (Å²) >= 11 is 0. The first kappa shape index (κ1) is 19.3. The molecule has 0 atom stereocenters. The number of nitrogens with zero attached hydrogens (tertiary/aromatic N) is 5. The normalized spacial score (nSPS) is 14.2. The molecule has 1 aliphatic heterocycles. The number of benzene rings is 2. The molecule has 0 unspecified atom stereocenters. The minimum Gasteiger partial charge on any atom is -0.353 e. The van der Waals surface area contributed by atoms with Crippen molar-refractivity contribution in [3.05, 3.63) is 78.6 Å². The molecule has 1 fully saturated rings. The number of carbonyl (C=O) groups is 1. The standard InChI is InChI=1S/C25H25N5O/c1-28-18-20(21-9-5-6-10-22(21)28)17-24(31)30-15-13-29(14-16-30)23-11-12-26-25(27-23)19-7-3-2-4-8-19/h2-12,18H,13-17H2,1H3. The number of amides is 1. The van der Waals surface area contributed by atoms with Crippen LogP contribution in [-0.4, -0.2) is 51.5 Å². The van der Waals surface area contributed by atoms with Gasteiger partial charge in [0, 0.05) is 62.1 Å². The predicted octanol–water partition coefficient (Wildman–Crippen LogP) is 3.53. The number of aryl methyl sites for hydroxylation is 1. The molecular weight excluding hydrogens is 386 g/mol. The Morgan fingerprint density at radius 2 is 1.68 bits per heavy atom. The molecule has 0 N–H and O–H groups in total. The van der Waals surface area contributed by atoms with E-state index in [4.69, 9.17) is 4.98 Å². The number of rotatable bonds is 4. The van der Waals surface area contributed by atoms with E-state index in [9.17, 15) is 4.79 Å². The zero-order chi connectivity index (χ0) is 21.2. The third-order valence-corrected chi connectivity index (χ3v) is 5.95. The van der Waals surface area contributed by atoms with E-state index < -0.39 is 0 Å². The van der Waals surface area contributed by atoms with E-state index in [1.165, 1.54) is 0 Å². The van der Waals surface area contributed by atoms with Crippen LogP contribution in [0.15, 0.2) is 73.1 Å². The summed E-state index contributed by atoms with van der Waals surface area (Å²) < 4.78 is 2.09. The Morgan fingerprint density at radius 1 is 0.935 bits per heavy atom. The second kappa shape index (κ2) is 8.22. The summed E-state index contributed by atoms with van der Waals surface area (Å²) in [5, 5.41) is 1.16. The van der Waals surface area contributed by atoms with Crippen LogP contribution >= 0.6 is 0 Å². The van der Waals surface area contributed by atoms with E-state index in [1.807, 2.05) is 66.7 Å². The quantitative estimate of drug-likeness (QED) is 0.516. The zero-order valence-corrected chi connectivity index (χ0v) is 17.6. The topological polar surface area (TPSA) is 54.3 Å². The van der Waals surface area contributed by atoms with Crippen molar-refractivity contribution in [3.8, 4) is 11.4 Å². The maximum Gasteiger partial charge on any atom is 0.227 e. The first-order chi connectivity index (χ1) is 15.2. The highest BCUT2D eigenvalue weighted by Crippen LogP contribution is 2.22. The fraction of sp³-hybridized carbons (Fsp3) is 0.240. The van der Waals surface area contributed by atoms with Gasteiger partial charge in [0.25, 0.3) is 0 Å². The van der Waals surface area contributed by atoms with Gasteiger partial charge >= 0.3 is 0 Å². The molecule has 31 heavy (non-hydrogen) atoms. The number of fused-ring (bicyclic) bond motifs is 1. The molecule has 2 aromatic heterocycles. The SMILES string of the molecule is Cn1cc(CC(=O)N2CCN(c3ccnc(-c4ccccc4)n3)CC2)c2ccccc21. The van der Waals surface area contributed by atoms with Gasteiger partial charge in [-0.1, -0.05) is 48.5 Å². The molecule has 0 bridgehead atoms. The summed E-state index contributed by atoms with van der Waals surface area (Å²) in [6, 6.07) is 20.2. The lowest BCUT2D eigenvalue weighted by atomic mass is 10.1.